The van der Waals surface area contributed by atoms with Gasteiger partial charge in [-0.3, -0.25) is 0 Å². The van der Waals surface area contributed by atoms with Gasteiger partial charge in [0.05, 0.1) is 18.2 Å². The first-order valence-electron chi connectivity index (χ1n) is 14.6. The lowest BCUT2D eigenvalue weighted by Crippen LogP contribution is -2.67. The summed E-state index contributed by atoms with van der Waals surface area (Å²) in [5.41, 5.74) is 0.369. The molecule has 7 heteroatoms. The molecule has 6 nitrogen and oxygen atoms in total. The third kappa shape index (κ3) is 7.09. The fourth-order valence-corrected chi connectivity index (χ4v) is 10.6. The zero-order chi connectivity index (χ0) is 29.8. The molecule has 0 unspecified atom stereocenters. The summed E-state index contributed by atoms with van der Waals surface area (Å²) < 4.78 is 13.3. The number of benzene rings is 3. The van der Waals surface area contributed by atoms with E-state index >= 15 is 0 Å². The summed E-state index contributed by atoms with van der Waals surface area (Å²) in [5, 5.41) is 14.7. The molecule has 0 aliphatic carbocycles. The molecule has 220 valence electrons. The predicted molar refractivity (Wildman–Crippen MR) is 167 cm³/mol. The second-order valence-corrected chi connectivity index (χ2v) is 17.4. The second-order valence-electron chi connectivity index (χ2n) is 13.2. The number of carbonyl (C=O) groups is 1. The highest BCUT2D eigenvalue weighted by molar-refractivity contribution is 6.99. The Hall–Kier alpha value is -2.97. The van der Waals surface area contributed by atoms with Crippen molar-refractivity contribution in [2.45, 2.75) is 90.3 Å². The number of ether oxygens (including phenoxy) is 1. The highest BCUT2D eigenvalue weighted by Crippen LogP contribution is 2.40. The van der Waals surface area contributed by atoms with E-state index in [1.54, 1.807) is 4.90 Å². The lowest BCUT2D eigenvalue weighted by molar-refractivity contribution is -0.145. The fraction of sp³-hybridized carbons (Fsp3) is 0.441. The maximum absolute atomic E-state index is 13.6. The molecule has 0 aromatic heterocycles. The molecule has 3 aromatic carbocycles. The van der Waals surface area contributed by atoms with Crippen molar-refractivity contribution in [3.63, 3.8) is 0 Å². The first-order valence-corrected chi connectivity index (χ1v) is 16.5. The van der Waals surface area contributed by atoms with Gasteiger partial charge in [-0.05, 0) is 55.1 Å². The van der Waals surface area contributed by atoms with E-state index in [0.29, 0.717) is 19.5 Å². The first kappa shape index (κ1) is 31.0. The number of amides is 1. The molecule has 1 aliphatic rings. The van der Waals surface area contributed by atoms with Crippen LogP contribution in [-0.2, 0) is 15.7 Å². The number of hydroxylamine groups is 2. The van der Waals surface area contributed by atoms with E-state index in [2.05, 4.69) is 69.3 Å². The van der Waals surface area contributed by atoms with Crippen LogP contribution in [0.15, 0.2) is 91.0 Å². The van der Waals surface area contributed by atoms with Gasteiger partial charge in [0.25, 0.3) is 8.32 Å². The summed E-state index contributed by atoms with van der Waals surface area (Å²) in [6, 6.07) is 30.4. The quantitative estimate of drug-likeness (QED) is 0.256. The van der Waals surface area contributed by atoms with Crippen LogP contribution in [0.1, 0.15) is 60.5 Å². The van der Waals surface area contributed by atoms with E-state index in [9.17, 15) is 10.0 Å². The van der Waals surface area contributed by atoms with Gasteiger partial charge in [-0.15, -0.1) is 0 Å². The van der Waals surface area contributed by atoms with Crippen molar-refractivity contribution in [2.75, 3.05) is 6.54 Å². The summed E-state index contributed by atoms with van der Waals surface area (Å²) >= 11 is 0. The van der Waals surface area contributed by atoms with E-state index in [0.717, 1.165) is 5.56 Å². The second kappa shape index (κ2) is 12.5. The van der Waals surface area contributed by atoms with Crippen LogP contribution in [0.4, 0.5) is 4.79 Å². The van der Waals surface area contributed by atoms with Gasteiger partial charge in [0.15, 0.2) is 0 Å². The van der Waals surface area contributed by atoms with Crippen molar-refractivity contribution in [1.82, 2.24) is 9.96 Å². The Kier molecular flexibility index (Phi) is 9.44. The smallest absolute Gasteiger partial charge is 0.410 e. The third-order valence-electron chi connectivity index (χ3n) is 7.91. The molecule has 1 N–H and O–H groups in total. The van der Waals surface area contributed by atoms with Crippen LogP contribution in [0, 0.1) is 0 Å². The minimum atomic E-state index is -2.83. The van der Waals surface area contributed by atoms with Crippen molar-refractivity contribution >= 4 is 24.8 Å². The van der Waals surface area contributed by atoms with Crippen LogP contribution < -0.4 is 10.4 Å². The van der Waals surface area contributed by atoms with Gasteiger partial charge in [0.2, 0.25) is 0 Å². The standard InChI is InChI=1S/C34H46N2O4Si/c1-26(36(38)24-27-17-11-8-12-18-27)31-23-28(25-35(31)32(37)39-33(2,3)4)40-41(34(5,6)7,29-19-13-9-14-20-29)30-21-15-10-16-22-30/h8-22,26,28,31,38H,23-25H2,1-7H3/t26-,28-,31+/m1/s1. The maximum atomic E-state index is 13.6. The Morgan fingerprint density at radius 2 is 1.39 bits per heavy atom. The molecule has 0 bridgehead atoms. The number of hydrogen-bond acceptors (Lipinski definition) is 5. The van der Waals surface area contributed by atoms with Gasteiger partial charge in [-0.2, -0.15) is 5.06 Å². The van der Waals surface area contributed by atoms with Crippen molar-refractivity contribution in [3.8, 4) is 0 Å². The first-order chi connectivity index (χ1) is 19.3. The molecule has 3 aromatic rings. The summed E-state index contributed by atoms with van der Waals surface area (Å²) in [6.07, 6.45) is -0.0149. The summed E-state index contributed by atoms with van der Waals surface area (Å²) in [6.45, 7) is 15.1. The fourth-order valence-electron chi connectivity index (χ4n) is 5.95. The lowest BCUT2D eigenvalue weighted by Gasteiger charge is -2.44. The zero-order valence-electron chi connectivity index (χ0n) is 25.6. The molecule has 0 radical (unpaired) electrons. The molecule has 1 saturated heterocycles. The number of likely N-dealkylation sites (tertiary alicyclic amines) is 1. The Labute approximate surface area is 247 Å². The highest BCUT2D eigenvalue weighted by atomic mass is 28.4. The average Bonchev–Trinajstić information content (AvgIpc) is 3.35. The van der Waals surface area contributed by atoms with Gasteiger partial charge < -0.3 is 19.3 Å². The number of rotatable bonds is 8. The van der Waals surface area contributed by atoms with Gasteiger partial charge >= 0.3 is 6.09 Å². The van der Waals surface area contributed by atoms with Crippen molar-refractivity contribution in [2.24, 2.45) is 0 Å². The number of nitrogens with zero attached hydrogens (tertiary/aromatic N) is 2. The normalized spacial score (nSPS) is 18.9. The van der Waals surface area contributed by atoms with Gasteiger partial charge in [0, 0.05) is 13.1 Å². The van der Waals surface area contributed by atoms with Gasteiger partial charge in [0.1, 0.15) is 5.60 Å². The Morgan fingerprint density at radius 3 is 1.85 bits per heavy atom. The largest absolute Gasteiger partial charge is 0.444 e. The molecule has 0 saturated carbocycles. The van der Waals surface area contributed by atoms with Crippen molar-refractivity contribution < 1.29 is 19.2 Å². The van der Waals surface area contributed by atoms with Crippen LogP contribution in [0.3, 0.4) is 0 Å². The average molecular weight is 575 g/mol. The van der Waals surface area contributed by atoms with Crippen LogP contribution in [-0.4, -0.2) is 59.9 Å². The lowest BCUT2D eigenvalue weighted by atomic mass is 10.1. The van der Waals surface area contributed by atoms with Crippen LogP contribution in [0.25, 0.3) is 0 Å². The van der Waals surface area contributed by atoms with Gasteiger partial charge in [-0.1, -0.05) is 112 Å². The molecular weight excluding hydrogens is 528 g/mol. The van der Waals surface area contributed by atoms with Crippen LogP contribution in [0.2, 0.25) is 5.04 Å². The van der Waals surface area contributed by atoms with Gasteiger partial charge in [-0.25, -0.2) is 4.79 Å². The van der Waals surface area contributed by atoms with E-state index < -0.39 is 13.9 Å². The minimum absolute atomic E-state index is 0.188. The topological polar surface area (TPSA) is 62.2 Å². The Bertz CT molecular complexity index is 1220. The predicted octanol–water partition coefficient (Wildman–Crippen LogP) is 6.22. The zero-order valence-corrected chi connectivity index (χ0v) is 26.6. The minimum Gasteiger partial charge on any atom is -0.444 e. The molecule has 1 aliphatic heterocycles. The van der Waals surface area contributed by atoms with Crippen LogP contribution in [0.5, 0.6) is 0 Å². The molecule has 1 amide bonds. The molecule has 4 rings (SSSR count). The number of hydrogen-bond donors (Lipinski definition) is 1. The summed E-state index contributed by atoms with van der Waals surface area (Å²) in [5.74, 6) is 0. The third-order valence-corrected chi connectivity index (χ3v) is 13.0. The molecule has 1 fully saturated rings. The van der Waals surface area contributed by atoms with E-state index in [4.69, 9.17) is 9.16 Å². The highest BCUT2D eigenvalue weighted by Gasteiger charge is 2.53. The number of carbonyl (C=O) groups excluding carboxylic acids is 1. The monoisotopic (exact) mass is 574 g/mol. The van der Waals surface area contributed by atoms with E-state index in [1.165, 1.54) is 15.4 Å². The molecular formula is C34H46N2O4Si. The van der Waals surface area contributed by atoms with E-state index in [1.807, 2.05) is 70.2 Å². The summed E-state index contributed by atoms with van der Waals surface area (Å²) in [7, 11) is -2.83. The SMILES string of the molecule is C[C@H]([C@@H]1C[C@@H](O[Si](c2ccccc2)(c2ccccc2)C(C)(C)C)CN1C(=O)OC(C)(C)C)N(O)Cc1ccccc1. The molecule has 0 spiro atoms. The summed E-state index contributed by atoms with van der Waals surface area (Å²) in [4.78, 5) is 15.3. The molecule has 3 atom stereocenters. The molecule has 1 heterocycles. The van der Waals surface area contributed by atoms with E-state index in [-0.39, 0.29) is 29.3 Å². The Morgan fingerprint density at radius 1 is 0.902 bits per heavy atom. The van der Waals surface area contributed by atoms with Crippen molar-refractivity contribution in [1.29, 1.82) is 0 Å². The van der Waals surface area contributed by atoms with Crippen LogP contribution >= 0.6 is 0 Å². The van der Waals surface area contributed by atoms with Crippen molar-refractivity contribution in [3.05, 3.63) is 96.6 Å². The molecule has 41 heavy (non-hydrogen) atoms. The Balaban J connectivity index is 1.70. The maximum Gasteiger partial charge on any atom is 0.410 e.